The van der Waals surface area contributed by atoms with Crippen LogP contribution in [0.3, 0.4) is 0 Å². The summed E-state index contributed by atoms with van der Waals surface area (Å²) in [7, 11) is 1.62. The Morgan fingerprint density at radius 1 is 1.64 bits per heavy atom. The molecule has 1 rings (SSSR count). The van der Waals surface area contributed by atoms with E-state index in [-0.39, 0.29) is 5.43 Å². The van der Waals surface area contributed by atoms with Crippen molar-refractivity contribution in [3.05, 3.63) is 34.2 Å². The molecule has 0 spiro atoms. The molecule has 0 N–H and O–H groups in total. The van der Waals surface area contributed by atoms with Gasteiger partial charge in [0, 0.05) is 31.1 Å². The highest BCUT2D eigenvalue weighted by Gasteiger charge is 1.92. The van der Waals surface area contributed by atoms with Gasteiger partial charge in [0.1, 0.15) is 6.73 Å². The van der Waals surface area contributed by atoms with Crippen LogP contribution in [0, 0.1) is 6.92 Å². The number of hydrogen-bond donors (Lipinski definition) is 0. The summed E-state index contributed by atoms with van der Waals surface area (Å²) in [5.74, 6) is 0. The number of pyridine rings is 1. The van der Waals surface area contributed by atoms with E-state index in [9.17, 15) is 4.79 Å². The SMILES string of the molecule is COCn1ccc(=O)cc1C. The van der Waals surface area contributed by atoms with Crippen LogP contribution in [0.5, 0.6) is 0 Å². The summed E-state index contributed by atoms with van der Waals surface area (Å²) in [5.41, 5.74) is 0.953. The summed E-state index contributed by atoms with van der Waals surface area (Å²) < 4.78 is 6.77. The lowest BCUT2D eigenvalue weighted by atomic mass is 10.4. The predicted molar refractivity (Wildman–Crippen MR) is 42.4 cm³/mol. The van der Waals surface area contributed by atoms with Gasteiger partial charge in [0.2, 0.25) is 0 Å². The fourth-order valence-electron chi connectivity index (χ4n) is 0.902. The average molecular weight is 153 g/mol. The molecule has 0 bridgehead atoms. The Hall–Kier alpha value is -1.09. The second-order valence-corrected chi connectivity index (χ2v) is 2.39. The highest BCUT2D eigenvalue weighted by atomic mass is 16.5. The van der Waals surface area contributed by atoms with Gasteiger partial charge in [-0.2, -0.15) is 0 Å². The van der Waals surface area contributed by atoms with E-state index in [1.165, 1.54) is 6.07 Å². The van der Waals surface area contributed by atoms with Crippen molar-refractivity contribution in [1.29, 1.82) is 0 Å². The van der Waals surface area contributed by atoms with Crippen LogP contribution in [-0.2, 0) is 11.5 Å². The molecule has 0 amide bonds. The van der Waals surface area contributed by atoms with Gasteiger partial charge in [-0.25, -0.2) is 0 Å². The smallest absolute Gasteiger partial charge is 0.181 e. The van der Waals surface area contributed by atoms with Crippen LogP contribution in [0.4, 0.5) is 0 Å². The molecule has 0 aliphatic carbocycles. The third-order valence-electron chi connectivity index (χ3n) is 1.49. The predicted octanol–water partition coefficient (Wildman–Crippen LogP) is 0.761. The van der Waals surface area contributed by atoms with Crippen LogP contribution in [0.25, 0.3) is 0 Å². The number of ether oxygens (including phenoxy) is 1. The molecule has 3 nitrogen and oxygen atoms in total. The van der Waals surface area contributed by atoms with Gasteiger partial charge in [-0.1, -0.05) is 0 Å². The molecule has 0 saturated carbocycles. The lowest BCUT2D eigenvalue weighted by molar-refractivity contribution is 0.129. The van der Waals surface area contributed by atoms with Gasteiger partial charge in [-0.05, 0) is 6.92 Å². The molecular formula is C8H11NO2. The Morgan fingerprint density at radius 3 is 2.91 bits per heavy atom. The largest absolute Gasteiger partial charge is 0.364 e. The van der Waals surface area contributed by atoms with Gasteiger partial charge in [0.05, 0.1) is 0 Å². The van der Waals surface area contributed by atoms with Crippen LogP contribution >= 0.6 is 0 Å². The van der Waals surface area contributed by atoms with Gasteiger partial charge in [-0.3, -0.25) is 4.79 Å². The standard InChI is InChI=1S/C8H11NO2/c1-7-5-8(10)3-4-9(7)6-11-2/h3-5H,6H2,1-2H3. The molecule has 0 aromatic carbocycles. The highest BCUT2D eigenvalue weighted by Crippen LogP contribution is 1.93. The zero-order valence-corrected chi connectivity index (χ0v) is 6.70. The van der Waals surface area contributed by atoms with E-state index in [0.29, 0.717) is 6.73 Å². The molecule has 0 fully saturated rings. The third kappa shape index (κ3) is 1.91. The van der Waals surface area contributed by atoms with E-state index in [0.717, 1.165) is 5.69 Å². The Bertz CT molecular complexity index is 290. The Balaban J connectivity index is 2.99. The molecule has 1 heterocycles. The molecule has 1 aromatic heterocycles. The second-order valence-electron chi connectivity index (χ2n) is 2.39. The minimum Gasteiger partial charge on any atom is -0.364 e. The maximum absolute atomic E-state index is 10.8. The minimum atomic E-state index is 0.0369. The molecule has 11 heavy (non-hydrogen) atoms. The topological polar surface area (TPSA) is 31.2 Å². The second kappa shape index (κ2) is 3.34. The van der Waals surface area contributed by atoms with E-state index >= 15 is 0 Å². The van der Waals surface area contributed by atoms with Gasteiger partial charge >= 0.3 is 0 Å². The van der Waals surface area contributed by atoms with Crippen molar-refractivity contribution in [3.63, 3.8) is 0 Å². The summed E-state index contributed by atoms with van der Waals surface area (Å²) in [6, 6.07) is 3.10. The number of aryl methyl sites for hydroxylation is 1. The van der Waals surface area contributed by atoms with Crippen LogP contribution in [0.15, 0.2) is 23.1 Å². The highest BCUT2D eigenvalue weighted by molar-refractivity contribution is 5.04. The normalized spacial score (nSPS) is 10.0. The summed E-state index contributed by atoms with van der Waals surface area (Å²) in [4.78, 5) is 10.8. The summed E-state index contributed by atoms with van der Waals surface area (Å²) in [6.45, 7) is 2.37. The average Bonchev–Trinajstić information content (AvgIpc) is 1.95. The first kappa shape index (κ1) is 8.01. The molecular weight excluding hydrogens is 142 g/mol. The van der Waals surface area contributed by atoms with E-state index in [2.05, 4.69) is 0 Å². The summed E-state index contributed by atoms with van der Waals surface area (Å²) in [5, 5.41) is 0. The van der Waals surface area contributed by atoms with Crippen molar-refractivity contribution < 1.29 is 4.74 Å². The lowest BCUT2D eigenvalue weighted by Crippen LogP contribution is -2.09. The Labute approximate surface area is 65.2 Å². The first-order valence-corrected chi connectivity index (χ1v) is 3.40. The van der Waals surface area contributed by atoms with Crippen molar-refractivity contribution in [2.24, 2.45) is 0 Å². The molecule has 60 valence electrons. The number of hydrogen-bond acceptors (Lipinski definition) is 2. The molecule has 0 radical (unpaired) electrons. The molecule has 0 saturated heterocycles. The number of nitrogens with zero attached hydrogens (tertiary/aromatic N) is 1. The van der Waals surface area contributed by atoms with Gasteiger partial charge < -0.3 is 9.30 Å². The van der Waals surface area contributed by atoms with Crippen LogP contribution in [0.1, 0.15) is 5.69 Å². The van der Waals surface area contributed by atoms with Crippen molar-refractivity contribution >= 4 is 0 Å². The van der Waals surface area contributed by atoms with Gasteiger partial charge in [0.15, 0.2) is 5.43 Å². The van der Waals surface area contributed by atoms with Gasteiger partial charge in [-0.15, -0.1) is 0 Å². The quantitative estimate of drug-likeness (QED) is 0.628. The Kier molecular flexibility index (Phi) is 2.44. The number of methoxy groups -OCH3 is 1. The first-order valence-electron chi connectivity index (χ1n) is 3.40. The maximum Gasteiger partial charge on any atom is 0.181 e. The van der Waals surface area contributed by atoms with Crippen LogP contribution < -0.4 is 5.43 Å². The van der Waals surface area contributed by atoms with E-state index in [1.54, 1.807) is 19.4 Å². The summed E-state index contributed by atoms with van der Waals surface area (Å²) >= 11 is 0. The van der Waals surface area contributed by atoms with Crippen molar-refractivity contribution in [1.82, 2.24) is 4.57 Å². The number of rotatable bonds is 2. The van der Waals surface area contributed by atoms with Crippen molar-refractivity contribution in [2.75, 3.05) is 7.11 Å². The van der Waals surface area contributed by atoms with Gasteiger partial charge in [0.25, 0.3) is 0 Å². The van der Waals surface area contributed by atoms with Crippen molar-refractivity contribution in [3.8, 4) is 0 Å². The third-order valence-corrected chi connectivity index (χ3v) is 1.49. The van der Waals surface area contributed by atoms with Crippen LogP contribution in [-0.4, -0.2) is 11.7 Å². The molecule has 0 atom stereocenters. The fraction of sp³-hybridized carbons (Fsp3) is 0.375. The molecule has 0 aliphatic rings. The van der Waals surface area contributed by atoms with E-state index in [1.807, 2.05) is 11.5 Å². The Morgan fingerprint density at radius 2 is 2.36 bits per heavy atom. The molecule has 0 aliphatic heterocycles. The van der Waals surface area contributed by atoms with E-state index < -0.39 is 0 Å². The monoisotopic (exact) mass is 153 g/mol. The molecule has 3 heteroatoms. The molecule has 1 aromatic rings. The van der Waals surface area contributed by atoms with Crippen LogP contribution in [0.2, 0.25) is 0 Å². The lowest BCUT2D eigenvalue weighted by Gasteiger charge is -2.07. The fourth-order valence-corrected chi connectivity index (χ4v) is 0.902. The van der Waals surface area contributed by atoms with E-state index in [4.69, 9.17) is 4.74 Å². The maximum atomic E-state index is 10.8. The first-order chi connectivity index (χ1) is 5.24. The zero-order valence-electron chi connectivity index (χ0n) is 6.70. The minimum absolute atomic E-state index is 0.0369. The molecule has 0 unspecified atom stereocenters. The summed E-state index contributed by atoms with van der Waals surface area (Å²) in [6.07, 6.45) is 1.72. The number of aromatic nitrogens is 1. The zero-order chi connectivity index (χ0) is 8.27. The van der Waals surface area contributed by atoms with Crippen molar-refractivity contribution in [2.45, 2.75) is 13.7 Å².